The summed E-state index contributed by atoms with van der Waals surface area (Å²) in [6.07, 6.45) is 4.85. The number of rotatable bonds is 7. The number of nitrogens with zero attached hydrogens (tertiary/aromatic N) is 1. The molecule has 0 saturated heterocycles. The lowest BCUT2D eigenvalue weighted by atomic mass is 10.1. The summed E-state index contributed by atoms with van der Waals surface area (Å²) in [6.45, 7) is 2.99. The fourth-order valence-corrected chi connectivity index (χ4v) is 3.19. The Morgan fingerprint density at radius 1 is 0.800 bits per heavy atom. The van der Waals surface area contributed by atoms with Crippen molar-refractivity contribution in [2.24, 2.45) is 0 Å². The Kier molecular flexibility index (Phi) is 6.47. The second kappa shape index (κ2) is 9.80. The summed E-state index contributed by atoms with van der Waals surface area (Å²) in [7, 11) is 0. The van der Waals surface area contributed by atoms with Gasteiger partial charge in [-0.15, -0.1) is 0 Å². The van der Waals surface area contributed by atoms with Gasteiger partial charge in [0.25, 0.3) is 0 Å². The van der Waals surface area contributed by atoms with Crippen LogP contribution in [-0.2, 0) is 0 Å². The second-order valence-corrected chi connectivity index (χ2v) is 7.25. The minimum absolute atomic E-state index is 0.626. The maximum Gasteiger partial charge on any atom is 0.227 e. The summed E-state index contributed by atoms with van der Waals surface area (Å²) < 4.78 is 11.6. The molecule has 0 aliphatic rings. The fraction of sp³-hybridized carbons (Fsp3) is 0.222. The van der Waals surface area contributed by atoms with Gasteiger partial charge in [0.2, 0.25) is 5.89 Å². The minimum Gasteiger partial charge on any atom is -0.494 e. The van der Waals surface area contributed by atoms with E-state index in [4.69, 9.17) is 9.15 Å². The highest BCUT2D eigenvalue weighted by atomic mass is 16.5. The van der Waals surface area contributed by atoms with Crippen LogP contribution in [0.1, 0.15) is 43.7 Å². The standard InChI is InChI=1S/C27H25NO2/c1-2-3-4-7-20-29-24-18-14-22(15-19-24)11-10-21-12-16-23(17-13-21)27-28-25-8-5-6-9-26(25)30-27/h5-6,8-9,12-19H,2-4,7,20H2,1H3. The monoisotopic (exact) mass is 395 g/mol. The normalized spacial score (nSPS) is 10.6. The summed E-state index contributed by atoms with van der Waals surface area (Å²) >= 11 is 0. The molecule has 0 aliphatic carbocycles. The van der Waals surface area contributed by atoms with Crippen molar-refractivity contribution in [3.8, 4) is 29.0 Å². The number of hydrogen-bond acceptors (Lipinski definition) is 3. The predicted octanol–water partition coefficient (Wildman–Crippen LogP) is 6.85. The highest BCUT2D eigenvalue weighted by molar-refractivity contribution is 5.76. The lowest BCUT2D eigenvalue weighted by Crippen LogP contribution is -1.96. The molecule has 0 fully saturated rings. The molecular formula is C27H25NO2. The largest absolute Gasteiger partial charge is 0.494 e. The van der Waals surface area contributed by atoms with Crippen molar-refractivity contribution in [3.05, 3.63) is 83.9 Å². The lowest BCUT2D eigenvalue weighted by molar-refractivity contribution is 0.305. The van der Waals surface area contributed by atoms with E-state index in [0.717, 1.165) is 46.6 Å². The number of aromatic nitrogens is 1. The molecule has 0 saturated carbocycles. The predicted molar refractivity (Wildman–Crippen MR) is 122 cm³/mol. The summed E-state index contributed by atoms with van der Waals surface area (Å²) in [5.74, 6) is 7.95. The van der Waals surface area contributed by atoms with E-state index in [2.05, 4.69) is 23.7 Å². The zero-order valence-corrected chi connectivity index (χ0v) is 17.2. The molecule has 3 aromatic carbocycles. The number of ether oxygens (including phenoxy) is 1. The third-order valence-corrected chi connectivity index (χ3v) is 4.90. The van der Waals surface area contributed by atoms with Crippen molar-refractivity contribution in [3.63, 3.8) is 0 Å². The van der Waals surface area contributed by atoms with Gasteiger partial charge in [0.15, 0.2) is 5.58 Å². The van der Waals surface area contributed by atoms with E-state index in [0.29, 0.717) is 5.89 Å². The van der Waals surface area contributed by atoms with Crippen molar-refractivity contribution in [1.29, 1.82) is 0 Å². The Bertz CT molecular complexity index is 1110. The quantitative estimate of drug-likeness (QED) is 0.253. The molecule has 4 aromatic rings. The van der Waals surface area contributed by atoms with Crippen LogP contribution in [0.15, 0.2) is 77.2 Å². The maximum absolute atomic E-state index is 5.82. The molecule has 0 N–H and O–H groups in total. The molecule has 0 bridgehead atoms. The smallest absolute Gasteiger partial charge is 0.227 e. The zero-order valence-electron chi connectivity index (χ0n) is 17.2. The first kappa shape index (κ1) is 19.8. The van der Waals surface area contributed by atoms with Gasteiger partial charge in [-0.1, -0.05) is 50.2 Å². The van der Waals surface area contributed by atoms with E-state index in [1.165, 1.54) is 19.3 Å². The van der Waals surface area contributed by atoms with E-state index in [-0.39, 0.29) is 0 Å². The van der Waals surface area contributed by atoms with E-state index in [9.17, 15) is 0 Å². The summed E-state index contributed by atoms with van der Waals surface area (Å²) in [4.78, 5) is 4.54. The Morgan fingerprint density at radius 3 is 2.20 bits per heavy atom. The number of oxazole rings is 1. The van der Waals surface area contributed by atoms with Gasteiger partial charge in [0, 0.05) is 16.7 Å². The molecule has 1 heterocycles. The SMILES string of the molecule is CCCCCCOc1ccc(C#Cc2ccc(-c3nc4ccccc4o3)cc2)cc1. The van der Waals surface area contributed by atoms with Gasteiger partial charge in [-0.05, 0) is 67.1 Å². The minimum atomic E-state index is 0.626. The maximum atomic E-state index is 5.82. The Labute approximate surface area is 177 Å². The van der Waals surface area contributed by atoms with Crippen molar-refractivity contribution < 1.29 is 9.15 Å². The second-order valence-electron chi connectivity index (χ2n) is 7.25. The van der Waals surface area contributed by atoms with Crippen molar-refractivity contribution >= 4 is 11.1 Å². The van der Waals surface area contributed by atoms with Gasteiger partial charge in [-0.25, -0.2) is 4.98 Å². The molecular weight excluding hydrogens is 370 g/mol. The summed E-state index contributed by atoms with van der Waals surface area (Å²) in [5.41, 5.74) is 4.52. The highest BCUT2D eigenvalue weighted by Gasteiger charge is 2.07. The zero-order chi connectivity index (χ0) is 20.6. The Morgan fingerprint density at radius 2 is 1.50 bits per heavy atom. The van der Waals surface area contributed by atoms with E-state index < -0.39 is 0 Å². The molecule has 3 heteroatoms. The van der Waals surface area contributed by atoms with Crippen molar-refractivity contribution in [2.75, 3.05) is 6.61 Å². The first-order valence-corrected chi connectivity index (χ1v) is 10.5. The number of hydrogen-bond donors (Lipinski definition) is 0. The van der Waals surface area contributed by atoms with Crippen LogP contribution in [0.2, 0.25) is 0 Å². The first-order chi connectivity index (χ1) is 14.8. The molecule has 0 aliphatic heterocycles. The van der Waals surface area contributed by atoms with Gasteiger partial charge in [0.05, 0.1) is 6.61 Å². The number of benzene rings is 3. The number of unbranched alkanes of at least 4 members (excludes halogenated alkanes) is 3. The van der Waals surface area contributed by atoms with Crippen LogP contribution in [0.25, 0.3) is 22.6 Å². The Hall–Kier alpha value is -3.51. The van der Waals surface area contributed by atoms with Crippen LogP contribution >= 0.6 is 0 Å². The van der Waals surface area contributed by atoms with Gasteiger partial charge >= 0.3 is 0 Å². The van der Waals surface area contributed by atoms with E-state index in [1.807, 2.05) is 72.8 Å². The van der Waals surface area contributed by atoms with Gasteiger partial charge in [-0.2, -0.15) is 0 Å². The summed E-state index contributed by atoms with van der Waals surface area (Å²) in [6, 6.07) is 23.7. The van der Waals surface area contributed by atoms with Crippen LogP contribution in [-0.4, -0.2) is 11.6 Å². The van der Waals surface area contributed by atoms with E-state index in [1.54, 1.807) is 0 Å². The van der Waals surface area contributed by atoms with E-state index >= 15 is 0 Å². The molecule has 3 nitrogen and oxygen atoms in total. The van der Waals surface area contributed by atoms with Crippen LogP contribution < -0.4 is 4.74 Å². The Balaban J connectivity index is 1.37. The average Bonchev–Trinajstić information content (AvgIpc) is 3.23. The van der Waals surface area contributed by atoms with Crippen LogP contribution in [0.4, 0.5) is 0 Å². The molecule has 30 heavy (non-hydrogen) atoms. The molecule has 1 aromatic heterocycles. The van der Waals surface area contributed by atoms with Crippen molar-refractivity contribution in [2.45, 2.75) is 32.6 Å². The lowest BCUT2D eigenvalue weighted by Gasteiger charge is -2.05. The van der Waals surface area contributed by atoms with Crippen LogP contribution in [0.3, 0.4) is 0 Å². The molecule has 0 atom stereocenters. The molecule has 0 amide bonds. The molecule has 0 unspecified atom stereocenters. The third kappa shape index (κ3) is 5.10. The van der Waals surface area contributed by atoms with Gasteiger partial charge in [0.1, 0.15) is 11.3 Å². The highest BCUT2D eigenvalue weighted by Crippen LogP contribution is 2.24. The molecule has 0 spiro atoms. The van der Waals surface area contributed by atoms with Gasteiger partial charge < -0.3 is 9.15 Å². The molecule has 150 valence electrons. The van der Waals surface area contributed by atoms with Crippen LogP contribution in [0, 0.1) is 11.8 Å². The third-order valence-electron chi connectivity index (χ3n) is 4.90. The number of para-hydroxylation sites is 2. The van der Waals surface area contributed by atoms with Gasteiger partial charge in [-0.3, -0.25) is 0 Å². The molecule has 0 radical (unpaired) electrons. The number of fused-ring (bicyclic) bond motifs is 1. The van der Waals surface area contributed by atoms with Crippen LogP contribution in [0.5, 0.6) is 5.75 Å². The van der Waals surface area contributed by atoms with Crippen molar-refractivity contribution in [1.82, 2.24) is 4.98 Å². The average molecular weight is 396 g/mol. The fourth-order valence-electron chi connectivity index (χ4n) is 3.19. The molecule has 4 rings (SSSR count). The topological polar surface area (TPSA) is 35.3 Å². The summed E-state index contributed by atoms with van der Waals surface area (Å²) in [5, 5.41) is 0. The first-order valence-electron chi connectivity index (χ1n) is 10.5.